The van der Waals surface area contributed by atoms with Crippen LogP contribution >= 0.6 is 0 Å². The van der Waals surface area contributed by atoms with Crippen molar-refractivity contribution in [2.45, 2.75) is 31.8 Å². The van der Waals surface area contributed by atoms with Gasteiger partial charge in [-0.25, -0.2) is 0 Å². The molecule has 3 N–H and O–H groups in total. The molecule has 2 heterocycles. The van der Waals surface area contributed by atoms with E-state index in [1.165, 1.54) is 0 Å². The molecule has 0 amide bonds. The van der Waals surface area contributed by atoms with Crippen LogP contribution in [0.15, 0.2) is 12.1 Å². The Labute approximate surface area is 125 Å². The number of nitrogens with zero attached hydrogens (tertiary/aromatic N) is 1. The van der Waals surface area contributed by atoms with E-state index in [2.05, 4.69) is 17.1 Å². The lowest BCUT2D eigenvalue weighted by Gasteiger charge is -2.34. The summed E-state index contributed by atoms with van der Waals surface area (Å²) in [5.74, 6) is -0.0451. The van der Waals surface area contributed by atoms with Gasteiger partial charge in [-0.15, -0.1) is 0 Å². The van der Waals surface area contributed by atoms with Crippen molar-refractivity contribution in [1.29, 1.82) is 0 Å². The third-order valence-corrected chi connectivity index (χ3v) is 4.46. The predicted molar refractivity (Wildman–Crippen MR) is 80.7 cm³/mol. The zero-order chi connectivity index (χ0) is 14.8. The molecule has 0 aromatic heterocycles. The summed E-state index contributed by atoms with van der Waals surface area (Å²) in [6, 6.07) is 4.05. The highest BCUT2D eigenvalue weighted by atomic mass is 16.5. The van der Waals surface area contributed by atoms with E-state index in [-0.39, 0.29) is 17.5 Å². The number of phenols is 2. The average molecular weight is 292 g/mol. The summed E-state index contributed by atoms with van der Waals surface area (Å²) in [6.45, 7) is 6.81. The van der Waals surface area contributed by atoms with E-state index >= 15 is 0 Å². The molecule has 1 aromatic rings. The fourth-order valence-electron chi connectivity index (χ4n) is 3.33. The first-order chi connectivity index (χ1) is 10.1. The lowest BCUT2D eigenvalue weighted by atomic mass is 9.88. The molecule has 2 aliphatic rings. The van der Waals surface area contributed by atoms with Crippen LogP contribution in [0, 0.1) is 0 Å². The Morgan fingerprint density at radius 1 is 1.24 bits per heavy atom. The van der Waals surface area contributed by atoms with Crippen molar-refractivity contribution in [3.8, 4) is 11.5 Å². The van der Waals surface area contributed by atoms with E-state index in [0.717, 1.165) is 56.8 Å². The summed E-state index contributed by atoms with van der Waals surface area (Å²) >= 11 is 0. The Bertz CT molecular complexity index is 501. The lowest BCUT2D eigenvalue weighted by Crippen LogP contribution is -2.41. The van der Waals surface area contributed by atoms with Crippen LogP contribution in [-0.2, 0) is 11.2 Å². The molecule has 0 radical (unpaired) electrons. The van der Waals surface area contributed by atoms with Crippen LogP contribution in [0.4, 0.5) is 0 Å². The van der Waals surface area contributed by atoms with Gasteiger partial charge < -0.3 is 20.3 Å². The van der Waals surface area contributed by atoms with Crippen LogP contribution < -0.4 is 5.32 Å². The minimum atomic E-state index is -0.0264. The number of fused-ring (bicyclic) bond motifs is 1. The molecule has 5 nitrogen and oxygen atoms in total. The van der Waals surface area contributed by atoms with E-state index in [9.17, 15) is 10.2 Å². The summed E-state index contributed by atoms with van der Waals surface area (Å²) in [5.41, 5.74) is 2.26. The van der Waals surface area contributed by atoms with E-state index in [1.807, 2.05) is 0 Å². The molecule has 0 aliphatic carbocycles. The van der Waals surface area contributed by atoms with Crippen LogP contribution in [0.3, 0.4) is 0 Å². The van der Waals surface area contributed by atoms with Crippen molar-refractivity contribution in [2.75, 3.05) is 32.8 Å². The molecule has 1 fully saturated rings. The summed E-state index contributed by atoms with van der Waals surface area (Å²) < 4.78 is 5.38. The van der Waals surface area contributed by atoms with Gasteiger partial charge in [-0.3, -0.25) is 4.90 Å². The molecule has 2 aliphatic heterocycles. The standard InChI is InChI=1S/C16H24N2O3/c1-11-8-12-9-15(19)16(20)10-13(12)14(17-11)2-3-18-4-6-21-7-5-18/h9-11,14,17,19-20H,2-8H2,1H3. The number of ether oxygens (including phenoxy) is 1. The second-order valence-electron chi connectivity index (χ2n) is 6.11. The van der Waals surface area contributed by atoms with E-state index in [1.54, 1.807) is 12.1 Å². The average Bonchev–Trinajstić information content (AvgIpc) is 2.48. The fourth-order valence-corrected chi connectivity index (χ4v) is 3.33. The van der Waals surface area contributed by atoms with Gasteiger partial charge in [0.2, 0.25) is 0 Å². The fraction of sp³-hybridized carbons (Fsp3) is 0.625. The maximum Gasteiger partial charge on any atom is 0.157 e. The van der Waals surface area contributed by atoms with Gasteiger partial charge in [0, 0.05) is 31.7 Å². The lowest BCUT2D eigenvalue weighted by molar-refractivity contribution is 0.0358. The highest BCUT2D eigenvalue weighted by molar-refractivity contribution is 5.48. The van der Waals surface area contributed by atoms with Crippen molar-refractivity contribution in [3.05, 3.63) is 23.3 Å². The zero-order valence-corrected chi connectivity index (χ0v) is 12.5. The van der Waals surface area contributed by atoms with Gasteiger partial charge in [0.15, 0.2) is 11.5 Å². The van der Waals surface area contributed by atoms with Crippen LogP contribution in [0.25, 0.3) is 0 Å². The third kappa shape index (κ3) is 3.31. The molecule has 2 unspecified atom stereocenters. The summed E-state index contributed by atoms with van der Waals surface area (Å²) in [4.78, 5) is 2.42. The van der Waals surface area contributed by atoms with E-state index < -0.39 is 0 Å². The van der Waals surface area contributed by atoms with E-state index in [0.29, 0.717) is 6.04 Å². The number of hydrogen-bond acceptors (Lipinski definition) is 5. The molecule has 0 bridgehead atoms. The van der Waals surface area contributed by atoms with Crippen molar-refractivity contribution in [3.63, 3.8) is 0 Å². The predicted octanol–water partition coefficient (Wildman–Crippen LogP) is 1.40. The molecule has 3 rings (SSSR count). The van der Waals surface area contributed by atoms with Crippen molar-refractivity contribution in [1.82, 2.24) is 10.2 Å². The van der Waals surface area contributed by atoms with Gasteiger partial charge in [0.25, 0.3) is 0 Å². The van der Waals surface area contributed by atoms with Gasteiger partial charge in [-0.1, -0.05) is 0 Å². The molecular formula is C16H24N2O3. The van der Waals surface area contributed by atoms with Gasteiger partial charge in [0.1, 0.15) is 0 Å². The molecule has 21 heavy (non-hydrogen) atoms. The third-order valence-electron chi connectivity index (χ3n) is 4.46. The number of rotatable bonds is 3. The maximum atomic E-state index is 9.77. The minimum absolute atomic E-state index is 0.0187. The maximum absolute atomic E-state index is 9.77. The second kappa shape index (κ2) is 6.22. The first kappa shape index (κ1) is 14.6. The monoisotopic (exact) mass is 292 g/mol. The molecule has 1 saturated heterocycles. The largest absolute Gasteiger partial charge is 0.504 e. The smallest absolute Gasteiger partial charge is 0.157 e. The van der Waals surface area contributed by atoms with Crippen LogP contribution in [0.2, 0.25) is 0 Å². The van der Waals surface area contributed by atoms with Crippen LogP contribution in [0.1, 0.15) is 30.5 Å². The molecule has 116 valence electrons. The highest BCUT2D eigenvalue weighted by Gasteiger charge is 2.26. The molecule has 5 heteroatoms. The Morgan fingerprint density at radius 3 is 2.71 bits per heavy atom. The van der Waals surface area contributed by atoms with Crippen LogP contribution in [0.5, 0.6) is 11.5 Å². The highest BCUT2D eigenvalue weighted by Crippen LogP contribution is 2.36. The van der Waals surface area contributed by atoms with Crippen molar-refractivity contribution >= 4 is 0 Å². The minimum Gasteiger partial charge on any atom is -0.504 e. The molecule has 0 saturated carbocycles. The first-order valence-corrected chi connectivity index (χ1v) is 7.74. The number of aromatic hydroxyl groups is 2. The normalized spacial score (nSPS) is 26.5. The molecule has 0 spiro atoms. The molecule has 1 aromatic carbocycles. The van der Waals surface area contributed by atoms with E-state index in [4.69, 9.17) is 4.74 Å². The van der Waals surface area contributed by atoms with Crippen molar-refractivity contribution in [2.24, 2.45) is 0 Å². The molecule has 2 atom stereocenters. The van der Waals surface area contributed by atoms with Gasteiger partial charge in [-0.05, 0) is 43.0 Å². The number of nitrogens with one attached hydrogen (secondary N) is 1. The van der Waals surface area contributed by atoms with Gasteiger partial charge in [-0.2, -0.15) is 0 Å². The van der Waals surface area contributed by atoms with Gasteiger partial charge >= 0.3 is 0 Å². The zero-order valence-electron chi connectivity index (χ0n) is 12.5. The number of morpholine rings is 1. The number of phenolic OH excluding ortho intramolecular Hbond substituents is 2. The van der Waals surface area contributed by atoms with Crippen molar-refractivity contribution < 1.29 is 14.9 Å². The SMILES string of the molecule is CC1Cc2cc(O)c(O)cc2C(CCN2CCOCC2)N1. The second-order valence-corrected chi connectivity index (χ2v) is 6.11. The van der Waals surface area contributed by atoms with Crippen LogP contribution in [-0.4, -0.2) is 54.0 Å². The summed E-state index contributed by atoms with van der Waals surface area (Å²) in [5, 5.41) is 23.1. The Balaban J connectivity index is 1.72. The Hall–Kier alpha value is -1.30. The summed E-state index contributed by atoms with van der Waals surface area (Å²) in [7, 11) is 0. The quantitative estimate of drug-likeness (QED) is 0.735. The van der Waals surface area contributed by atoms with Gasteiger partial charge in [0.05, 0.1) is 13.2 Å². The topological polar surface area (TPSA) is 65.0 Å². The Morgan fingerprint density at radius 2 is 1.95 bits per heavy atom. The summed E-state index contributed by atoms with van der Waals surface area (Å²) in [6.07, 6.45) is 1.89. The first-order valence-electron chi connectivity index (χ1n) is 7.74. The molecular weight excluding hydrogens is 268 g/mol. The number of hydrogen-bond donors (Lipinski definition) is 3. The Kier molecular flexibility index (Phi) is 4.33. The number of benzene rings is 1.